The van der Waals surface area contributed by atoms with Crippen molar-refractivity contribution in [1.29, 1.82) is 0 Å². The van der Waals surface area contributed by atoms with E-state index in [9.17, 15) is 13.9 Å². The van der Waals surface area contributed by atoms with E-state index in [2.05, 4.69) is 31.7 Å². The molecule has 0 unspecified atom stereocenters. The highest BCUT2D eigenvalue weighted by Crippen LogP contribution is 2.57. The molecule has 2 atom stereocenters. The fourth-order valence-electron chi connectivity index (χ4n) is 5.36. The highest BCUT2D eigenvalue weighted by atomic mass is 35.5. The second kappa shape index (κ2) is 9.51. The fraction of sp³-hybridized carbons (Fsp3) is 0.500. The second-order valence-corrected chi connectivity index (χ2v) is 9.12. The third-order valence-electron chi connectivity index (χ3n) is 7.49. The largest absolute Gasteiger partial charge is 0.508 e. The van der Waals surface area contributed by atoms with Crippen LogP contribution in [0.4, 0.5) is 8.78 Å². The van der Waals surface area contributed by atoms with Gasteiger partial charge in [0.25, 0.3) is 0 Å². The maximum Gasteiger partial charge on any atom is 0.190 e. The van der Waals surface area contributed by atoms with Crippen LogP contribution in [0.5, 0.6) is 11.5 Å². The summed E-state index contributed by atoms with van der Waals surface area (Å²) in [6, 6.07) is 9.93. The number of phenols is 1. The number of likely N-dealkylation sites (tertiary alicyclic amines) is 1. The number of piperidine rings is 1. The van der Waals surface area contributed by atoms with Gasteiger partial charge in [-0.05, 0) is 60.5 Å². The highest BCUT2D eigenvalue weighted by Gasteiger charge is 2.56. The standard InChI is InChI=1S/C24H29F2NO2.2ClH/c1-23(2)21-15-16-17(7-4-10-20(16)28)24(23,3)11-13-27(21)12-6-14-29-22-18(25)8-5-9-19(22)26;;/h4-5,7-10,21,28H,6,11-15H2,1-3H3;2*1H/t21-,24+;;/m1../s1. The Balaban J connectivity index is 0.00000171. The lowest BCUT2D eigenvalue weighted by Crippen LogP contribution is -2.63. The lowest BCUT2D eigenvalue weighted by molar-refractivity contribution is -0.0397. The molecule has 2 aromatic carbocycles. The second-order valence-electron chi connectivity index (χ2n) is 9.12. The molecule has 1 saturated heterocycles. The average molecular weight is 474 g/mol. The van der Waals surface area contributed by atoms with Crippen molar-refractivity contribution in [3.8, 4) is 11.5 Å². The molecule has 172 valence electrons. The summed E-state index contributed by atoms with van der Waals surface area (Å²) in [5, 5.41) is 10.5. The van der Waals surface area contributed by atoms with Crippen LogP contribution in [-0.2, 0) is 11.8 Å². The van der Waals surface area contributed by atoms with Gasteiger partial charge in [0.2, 0.25) is 0 Å². The van der Waals surface area contributed by atoms with E-state index in [0.717, 1.165) is 31.5 Å². The van der Waals surface area contributed by atoms with Crippen molar-refractivity contribution >= 4 is 24.8 Å². The lowest BCUT2D eigenvalue weighted by Gasteiger charge is -2.61. The van der Waals surface area contributed by atoms with Gasteiger partial charge in [-0.3, -0.25) is 4.90 Å². The molecule has 2 aliphatic rings. The zero-order chi connectivity index (χ0) is 20.8. The summed E-state index contributed by atoms with van der Waals surface area (Å²) in [6.07, 6.45) is 2.51. The van der Waals surface area contributed by atoms with Crippen molar-refractivity contribution in [3.05, 3.63) is 59.2 Å². The van der Waals surface area contributed by atoms with Gasteiger partial charge in [-0.25, -0.2) is 8.78 Å². The number of ether oxygens (including phenoxy) is 1. The lowest BCUT2D eigenvalue weighted by atomic mass is 9.51. The Morgan fingerprint density at radius 3 is 2.39 bits per heavy atom. The van der Waals surface area contributed by atoms with Crippen LogP contribution < -0.4 is 4.74 Å². The molecule has 3 nitrogen and oxygen atoms in total. The maximum atomic E-state index is 13.7. The average Bonchev–Trinajstić information content (AvgIpc) is 2.66. The first-order chi connectivity index (χ1) is 13.8. The van der Waals surface area contributed by atoms with Crippen LogP contribution in [0.1, 0.15) is 44.7 Å². The molecule has 2 aromatic rings. The molecule has 1 aliphatic carbocycles. The summed E-state index contributed by atoms with van der Waals surface area (Å²) in [7, 11) is 0. The third kappa shape index (κ3) is 4.24. The van der Waals surface area contributed by atoms with Crippen LogP contribution in [0.2, 0.25) is 0 Å². The number of hydrogen-bond acceptors (Lipinski definition) is 3. The van der Waals surface area contributed by atoms with E-state index in [1.54, 1.807) is 6.07 Å². The minimum atomic E-state index is -0.667. The van der Waals surface area contributed by atoms with Crippen LogP contribution in [0.3, 0.4) is 0 Å². The monoisotopic (exact) mass is 473 g/mol. The molecule has 31 heavy (non-hydrogen) atoms. The van der Waals surface area contributed by atoms with Gasteiger partial charge in [0.1, 0.15) is 5.75 Å². The smallest absolute Gasteiger partial charge is 0.190 e. The van der Waals surface area contributed by atoms with Gasteiger partial charge in [-0.1, -0.05) is 39.0 Å². The van der Waals surface area contributed by atoms with E-state index in [-0.39, 0.29) is 48.0 Å². The number of para-hydroxylation sites is 1. The minimum absolute atomic E-state index is 0. The molecule has 0 radical (unpaired) electrons. The summed E-state index contributed by atoms with van der Waals surface area (Å²) >= 11 is 0. The van der Waals surface area contributed by atoms with Crippen molar-refractivity contribution in [3.63, 3.8) is 0 Å². The van der Waals surface area contributed by atoms with Crippen molar-refractivity contribution in [2.45, 2.75) is 51.5 Å². The first-order valence-corrected chi connectivity index (χ1v) is 10.4. The van der Waals surface area contributed by atoms with E-state index in [1.807, 2.05) is 6.07 Å². The topological polar surface area (TPSA) is 32.7 Å². The SMILES string of the molecule is CC1(C)[C@H]2Cc3c(O)cccc3[C@]1(C)CCN2CCCOc1c(F)cccc1F.Cl.Cl. The summed E-state index contributed by atoms with van der Waals surface area (Å²) in [4.78, 5) is 2.46. The Morgan fingerprint density at radius 1 is 1.06 bits per heavy atom. The molecular formula is C24H31Cl2F2NO2. The molecule has 1 N–H and O–H groups in total. The fourth-order valence-corrected chi connectivity index (χ4v) is 5.36. The highest BCUT2D eigenvalue weighted by molar-refractivity contribution is 5.85. The molecule has 4 rings (SSSR count). The maximum absolute atomic E-state index is 13.7. The van der Waals surface area contributed by atoms with Crippen molar-refractivity contribution in [2.24, 2.45) is 5.41 Å². The molecule has 7 heteroatoms. The Morgan fingerprint density at radius 2 is 1.71 bits per heavy atom. The van der Waals surface area contributed by atoms with Crippen LogP contribution in [0.15, 0.2) is 36.4 Å². The molecule has 1 fully saturated rings. The molecule has 0 spiro atoms. The zero-order valence-electron chi connectivity index (χ0n) is 18.2. The molecule has 2 bridgehead atoms. The quantitative estimate of drug-likeness (QED) is 0.548. The van der Waals surface area contributed by atoms with Crippen molar-refractivity contribution in [1.82, 2.24) is 4.90 Å². The van der Waals surface area contributed by atoms with Gasteiger partial charge in [-0.2, -0.15) is 0 Å². The Kier molecular flexibility index (Phi) is 7.89. The first kappa shape index (κ1) is 25.7. The van der Waals surface area contributed by atoms with E-state index >= 15 is 0 Å². The number of nitrogens with zero attached hydrogens (tertiary/aromatic N) is 1. The van der Waals surface area contributed by atoms with Crippen LogP contribution in [-0.4, -0.2) is 35.7 Å². The Hall–Kier alpha value is -1.56. The van der Waals surface area contributed by atoms with Crippen LogP contribution >= 0.6 is 24.8 Å². The van der Waals surface area contributed by atoms with Gasteiger partial charge in [0.15, 0.2) is 17.4 Å². The number of benzene rings is 2. The van der Waals surface area contributed by atoms with E-state index in [1.165, 1.54) is 23.8 Å². The number of halogens is 4. The third-order valence-corrected chi connectivity index (χ3v) is 7.49. The molecular weight excluding hydrogens is 443 g/mol. The Bertz CT molecular complexity index is 904. The van der Waals surface area contributed by atoms with Crippen molar-refractivity contribution in [2.75, 3.05) is 19.7 Å². The zero-order valence-corrected chi connectivity index (χ0v) is 19.8. The molecule has 1 aliphatic heterocycles. The van der Waals surface area contributed by atoms with Gasteiger partial charge >= 0.3 is 0 Å². The van der Waals surface area contributed by atoms with Gasteiger partial charge in [-0.15, -0.1) is 24.8 Å². The molecule has 1 heterocycles. The van der Waals surface area contributed by atoms with Crippen LogP contribution in [0.25, 0.3) is 0 Å². The van der Waals surface area contributed by atoms with Crippen LogP contribution in [0, 0.1) is 17.0 Å². The first-order valence-electron chi connectivity index (χ1n) is 10.4. The van der Waals surface area contributed by atoms with Gasteiger partial charge in [0, 0.05) is 18.0 Å². The van der Waals surface area contributed by atoms with Gasteiger partial charge in [0.05, 0.1) is 6.61 Å². The summed E-state index contributed by atoms with van der Waals surface area (Å²) in [5.41, 5.74) is 2.39. The molecule has 0 aromatic heterocycles. The minimum Gasteiger partial charge on any atom is -0.508 e. The number of aromatic hydroxyl groups is 1. The predicted molar refractivity (Wildman–Crippen MR) is 124 cm³/mol. The molecule has 0 saturated carbocycles. The predicted octanol–water partition coefficient (Wildman–Crippen LogP) is 5.90. The van der Waals surface area contributed by atoms with Crippen molar-refractivity contribution < 1.29 is 18.6 Å². The summed E-state index contributed by atoms with van der Waals surface area (Å²) < 4.78 is 32.8. The normalized spacial score (nSPS) is 23.8. The number of rotatable bonds is 5. The summed E-state index contributed by atoms with van der Waals surface area (Å²) in [6.45, 7) is 8.99. The number of phenolic OH excluding ortho intramolecular Hbond substituents is 1. The number of hydrogen-bond donors (Lipinski definition) is 1. The summed E-state index contributed by atoms with van der Waals surface area (Å²) in [5.74, 6) is -1.25. The van der Waals surface area contributed by atoms with Gasteiger partial charge < -0.3 is 9.84 Å². The van der Waals surface area contributed by atoms with E-state index < -0.39 is 11.6 Å². The number of fused-ring (bicyclic) bond motifs is 4. The van der Waals surface area contributed by atoms with E-state index in [0.29, 0.717) is 18.2 Å². The van der Waals surface area contributed by atoms with E-state index in [4.69, 9.17) is 4.74 Å². The Labute approximate surface area is 195 Å². The molecule has 0 amide bonds.